The Morgan fingerprint density at radius 3 is 2.62 bits per heavy atom. The number of aryl methyl sites for hydroxylation is 1. The van der Waals surface area contributed by atoms with E-state index < -0.39 is 0 Å². The first kappa shape index (κ1) is 11.3. The fourth-order valence-electron chi connectivity index (χ4n) is 1.15. The average Bonchev–Trinajstić information content (AvgIpc) is 2.76. The maximum Gasteiger partial charge on any atom is 0.223 e. The molecule has 0 radical (unpaired) electrons. The highest BCUT2D eigenvalue weighted by Crippen LogP contribution is 2.07. The van der Waals surface area contributed by atoms with Crippen molar-refractivity contribution in [1.29, 1.82) is 0 Å². The predicted octanol–water partition coefficient (Wildman–Crippen LogP) is 2.24. The van der Waals surface area contributed by atoms with Crippen LogP contribution in [0.5, 0.6) is 0 Å². The zero-order valence-electron chi connectivity index (χ0n) is 8.77. The van der Waals surface area contributed by atoms with Gasteiger partial charge in [-0.1, -0.05) is 6.92 Å². The Labute approximate surface area is 107 Å². The minimum atomic E-state index is 0.501. The van der Waals surface area contributed by atoms with Gasteiger partial charge in [0.15, 0.2) is 0 Å². The summed E-state index contributed by atoms with van der Waals surface area (Å²) in [5.74, 6) is 2.12. The topological polar surface area (TPSA) is 63.8 Å². The molecule has 2 rings (SSSR count). The van der Waals surface area contributed by atoms with E-state index in [0.717, 1.165) is 15.8 Å². The van der Waals surface area contributed by atoms with Crippen LogP contribution in [0.15, 0.2) is 23.0 Å². The van der Waals surface area contributed by atoms with Crippen molar-refractivity contribution >= 4 is 28.5 Å². The van der Waals surface area contributed by atoms with E-state index in [-0.39, 0.29) is 0 Å². The van der Waals surface area contributed by atoms with Crippen molar-refractivity contribution in [3.05, 3.63) is 33.8 Å². The lowest BCUT2D eigenvalue weighted by atomic mass is 10.4. The largest absolute Gasteiger partial charge is 0.444 e. The van der Waals surface area contributed by atoms with Gasteiger partial charge in [0.25, 0.3) is 0 Å². The summed E-state index contributed by atoms with van der Waals surface area (Å²) in [5, 5.41) is 3.04. The van der Waals surface area contributed by atoms with Gasteiger partial charge < -0.3 is 9.73 Å². The number of hydrogen-bond acceptors (Lipinski definition) is 5. The maximum atomic E-state index is 5.45. The van der Waals surface area contributed by atoms with Crippen LogP contribution in [0.25, 0.3) is 0 Å². The van der Waals surface area contributed by atoms with Crippen molar-refractivity contribution in [2.75, 3.05) is 5.32 Å². The molecule has 0 fully saturated rings. The normalized spacial score (nSPS) is 10.4. The van der Waals surface area contributed by atoms with Crippen LogP contribution >= 0.6 is 22.6 Å². The molecule has 0 atom stereocenters. The van der Waals surface area contributed by atoms with Gasteiger partial charge in [0.1, 0.15) is 5.76 Å². The third-order valence-corrected chi connectivity index (χ3v) is 2.53. The van der Waals surface area contributed by atoms with Crippen LogP contribution in [0.3, 0.4) is 0 Å². The van der Waals surface area contributed by atoms with Gasteiger partial charge in [0, 0.05) is 22.4 Å². The first-order valence-corrected chi connectivity index (χ1v) is 6.01. The Kier molecular flexibility index (Phi) is 3.70. The molecule has 1 N–H and O–H groups in total. The monoisotopic (exact) mass is 330 g/mol. The highest BCUT2D eigenvalue weighted by atomic mass is 127. The molecule has 0 saturated carbocycles. The number of aromatic nitrogens is 3. The van der Waals surface area contributed by atoms with Crippen molar-refractivity contribution in [2.45, 2.75) is 19.9 Å². The fraction of sp³-hybridized carbons (Fsp3) is 0.300. The Bertz CT molecular complexity index is 454. The molecule has 2 heterocycles. The third-order valence-electron chi connectivity index (χ3n) is 1.97. The molecule has 0 aromatic carbocycles. The summed E-state index contributed by atoms with van der Waals surface area (Å²) in [5.41, 5.74) is 0. The zero-order chi connectivity index (χ0) is 11.4. The number of anilines is 1. The van der Waals surface area contributed by atoms with Crippen molar-refractivity contribution < 1.29 is 4.42 Å². The Morgan fingerprint density at radius 2 is 2.00 bits per heavy atom. The molecule has 0 aliphatic carbocycles. The van der Waals surface area contributed by atoms with Gasteiger partial charge >= 0.3 is 0 Å². The second-order valence-electron chi connectivity index (χ2n) is 3.15. The lowest BCUT2D eigenvalue weighted by Crippen LogP contribution is -2.03. The van der Waals surface area contributed by atoms with E-state index in [0.29, 0.717) is 18.4 Å². The van der Waals surface area contributed by atoms with Crippen LogP contribution in [0, 0.1) is 3.57 Å². The molecule has 16 heavy (non-hydrogen) atoms. The fourth-order valence-corrected chi connectivity index (χ4v) is 1.43. The summed E-state index contributed by atoms with van der Waals surface area (Å²) < 4.78 is 6.45. The molecule has 0 saturated heterocycles. The van der Waals surface area contributed by atoms with Gasteiger partial charge in [0.2, 0.25) is 11.8 Å². The van der Waals surface area contributed by atoms with Crippen molar-refractivity contribution in [3.8, 4) is 0 Å². The molecule has 6 heteroatoms. The maximum absolute atomic E-state index is 5.45. The van der Waals surface area contributed by atoms with Gasteiger partial charge in [0.05, 0.1) is 12.7 Å². The van der Waals surface area contributed by atoms with E-state index in [1.54, 1.807) is 18.6 Å². The molecular formula is C10H11IN4O. The number of hydrogen-bond donors (Lipinski definition) is 1. The quantitative estimate of drug-likeness (QED) is 0.871. The predicted molar refractivity (Wildman–Crippen MR) is 68.0 cm³/mol. The lowest BCUT2D eigenvalue weighted by molar-refractivity contribution is 0.465. The molecule has 0 bridgehead atoms. The Morgan fingerprint density at radius 1 is 1.25 bits per heavy atom. The van der Waals surface area contributed by atoms with E-state index in [9.17, 15) is 0 Å². The SMILES string of the molecule is CCc1cnc(CNc2ncc(I)cn2)o1. The summed E-state index contributed by atoms with van der Waals surface area (Å²) in [4.78, 5) is 12.4. The average molecular weight is 330 g/mol. The Hall–Kier alpha value is -1.18. The minimum Gasteiger partial charge on any atom is -0.444 e. The van der Waals surface area contributed by atoms with Crippen LogP contribution in [0.4, 0.5) is 5.95 Å². The van der Waals surface area contributed by atoms with E-state index >= 15 is 0 Å². The number of rotatable bonds is 4. The molecule has 2 aromatic rings. The molecular weight excluding hydrogens is 319 g/mol. The Balaban J connectivity index is 1.94. The van der Waals surface area contributed by atoms with E-state index in [1.165, 1.54) is 0 Å². The lowest BCUT2D eigenvalue weighted by Gasteiger charge is -2.00. The van der Waals surface area contributed by atoms with E-state index in [4.69, 9.17) is 4.42 Å². The van der Waals surface area contributed by atoms with Crippen LogP contribution in [-0.4, -0.2) is 15.0 Å². The zero-order valence-corrected chi connectivity index (χ0v) is 10.9. The third kappa shape index (κ3) is 2.91. The highest BCUT2D eigenvalue weighted by Gasteiger charge is 2.02. The molecule has 2 aromatic heterocycles. The van der Waals surface area contributed by atoms with Crippen LogP contribution in [0.1, 0.15) is 18.6 Å². The van der Waals surface area contributed by atoms with Gasteiger partial charge in [-0.05, 0) is 22.6 Å². The smallest absolute Gasteiger partial charge is 0.223 e. The number of nitrogens with zero attached hydrogens (tertiary/aromatic N) is 3. The highest BCUT2D eigenvalue weighted by molar-refractivity contribution is 14.1. The molecule has 0 amide bonds. The van der Waals surface area contributed by atoms with E-state index in [1.807, 2.05) is 6.92 Å². The summed E-state index contributed by atoms with van der Waals surface area (Å²) in [6.45, 7) is 2.53. The summed E-state index contributed by atoms with van der Waals surface area (Å²) in [7, 11) is 0. The number of nitrogens with one attached hydrogen (secondary N) is 1. The molecule has 5 nitrogen and oxygen atoms in total. The van der Waals surface area contributed by atoms with Gasteiger partial charge in [-0.15, -0.1) is 0 Å². The minimum absolute atomic E-state index is 0.501. The number of oxazole rings is 1. The van der Waals surface area contributed by atoms with Crippen molar-refractivity contribution in [3.63, 3.8) is 0 Å². The van der Waals surface area contributed by atoms with Crippen molar-refractivity contribution in [2.24, 2.45) is 0 Å². The second-order valence-corrected chi connectivity index (χ2v) is 4.40. The van der Waals surface area contributed by atoms with Crippen LogP contribution in [0.2, 0.25) is 0 Å². The van der Waals surface area contributed by atoms with Crippen molar-refractivity contribution in [1.82, 2.24) is 15.0 Å². The summed E-state index contributed by atoms with van der Waals surface area (Å²) in [6.07, 6.45) is 6.10. The van der Waals surface area contributed by atoms with Gasteiger partial charge in [-0.2, -0.15) is 0 Å². The molecule has 0 unspecified atom stereocenters. The molecule has 0 aliphatic heterocycles. The molecule has 0 aliphatic rings. The number of halogens is 1. The summed E-state index contributed by atoms with van der Waals surface area (Å²) >= 11 is 2.16. The molecule has 84 valence electrons. The van der Waals surface area contributed by atoms with Crippen LogP contribution in [-0.2, 0) is 13.0 Å². The van der Waals surface area contributed by atoms with Crippen LogP contribution < -0.4 is 5.32 Å². The second kappa shape index (κ2) is 5.24. The van der Waals surface area contributed by atoms with E-state index in [2.05, 4.69) is 42.9 Å². The first-order chi connectivity index (χ1) is 7.78. The molecule has 0 spiro atoms. The first-order valence-electron chi connectivity index (χ1n) is 4.93. The summed E-state index contributed by atoms with van der Waals surface area (Å²) in [6, 6.07) is 0. The van der Waals surface area contributed by atoms with Gasteiger partial charge in [-0.25, -0.2) is 15.0 Å². The standard InChI is InChI=1S/C10H11IN4O/c1-2-8-5-12-9(16-8)6-15-10-13-3-7(11)4-14-10/h3-5H,2,6H2,1H3,(H,13,14,15). The van der Waals surface area contributed by atoms with Gasteiger partial charge in [-0.3, -0.25) is 0 Å².